The monoisotopic (exact) mass is 343 g/mol. The van der Waals surface area contributed by atoms with E-state index in [1.807, 2.05) is 25.1 Å². The Hall–Kier alpha value is -2.05. The molecule has 4 rings (SSSR count). The topological polar surface area (TPSA) is 75.4 Å². The predicted molar refractivity (Wildman–Crippen MR) is 96.7 cm³/mol. The van der Waals surface area contributed by atoms with E-state index in [0.717, 1.165) is 48.0 Å². The SMILES string of the molecule is Cc1cc2cc(NC(=O)NCC3CCC4(CC3)OCCO4)ccc2[nH]1. The van der Waals surface area contributed by atoms with Crippen molar-refractivity contribution < 1.29 is 14.3 Å². The number of hydrogen-bond donors (Lipinski definition) is 3. The zero-order valence-corrected chi connectivity index (χ0v) is 14.6. The number of fused-ring (bicyclic) bond motifs is 1. The minimum atomic E-state index is -0.330. The molecule has 1 aliphatic carbocycles. The first-order valence-electron chi connectivity index (χ1n) is 9.04. The van der Waals surface area contributed by atoms with Gasteiger partial charge in [0, 0.05) is 41.7 Å². The smallest absolute Gasteiger partial charge is 0.319 e. The molecule has 3 N–H and O–H groups in total. The van der Waals surface area contributed by atoms with Gasteiger partial charge in [0.1, 0.15) is 0 Å². The van der Waals surface area contributed by atoms with Crippen LogP contribution in [-0.2, 0) is 9.47 Å². The fraction of sp³-hybridized carbons (Fsp3) is 0.526. The van der Waals surface area contributed by atoms with Crippen LogP contribution >= 0.6 is 0 Å². The molecule has 2 aliphatic rings. The first-order chi connectivity index (χ1) is 12.1. The quantitative estimate of drug-likeness (QED) is 0.798. The molecule has 2 amide bonds. The number of aromatic nitrogens is 1. The number of aryl methyl sites for hydroxylation is 1. The number of rotatable bonds is 3. The van der Waals surface area contributed by atoms with Crippen LogP contribution in [0.2, 0.25) is 0 Å². The molecule has 25 heavy (non-hydrogen) atoms. The van der Waals surface area contributed by atoms with Crippen molar-refractivity contribution >= 4 is 22.6 Å². The Kier molecular flexibility index (Phi) is 4.39. The number of nitrogens with one attached hydrogen (secondary N) is 3. The highest BCUT2D eigenvalue weighted by Gasteiger charge is 2.40. The highest BCUT2D eigenvalue weighted by atomic mass is 16.7. The second-order valence-electron chi connectivity index (χ2n) is 7.14. The van der Waals surface area contributed by atoms with Gasteiger partial charge in [0.2, 0.25) is 0 Å². The van der Waals surface area contributed by atoms with E-state index >= 15 is 0 Å². The van der Waals surface area contributed by atoms with Crippen LogP contribution in [0, 0.1) is 12.8 Å². The van der Waals surface area contributed by atoms with Crippen molar-refractivity contribution in [2.75, 3.05) is 25.1 Å². The summed E-state index contributed by atoms with van der Waals surface area (Å²) in [6.07, 6.45) is 3.89. The Morgan fingerprint density at radius 3 is 2.76 bits per heavy atom. The summed E-state index contributed by atoms with van der Waals surface area (Å²) in [7, 11) is 0. The summed E-state index contributed by atoms with van der Waals surface area (Å²) in [6.45, 7) is 4.12. The lowest BCUT2D eigenvalue weighted by Crippen LogP contribution is -2.39. The lowest BCUT2D eigenvalue weighted by Gasteiger charge is -2.35. The minimum Gasteiger partial charge on any atom is -0.359 e. The van der Waals surface area contributed by atoms with Crippen LogP contribution in [0.3, 0.4) is 0 Å². The molecule has 1 saturated heterocycles. The van der Waals surface area contributed by atoms with Gasteiger partial charge in [-0.1, -0.05) is 0 Å². The molecule has 134 valence electrons. The van der Waals surface area contributed by atoms with E-state index < -0.39 is 0 Å². The number of ether oxygens (including phenoxy) is 2. The zero-order valence-electron chi connectivity index (χ0n) is 14.6. The second-order valence-corrected chi connectivity index (χ2v) is 7.14. The molecule has 1 spiro atoms. The third-order valence-electron chi connectivity index (χ3n) is 5.25. The molecule has 0 atom stereocenters. The molecule has 1 aromatic carbocycles. The Labute approximate surface area is 147 Å². The van der Waals surface area contributed by atoms with Crippen LogP contribution in [0.25, 0.3) is 10.9 Å². The fourth-order valence-corrected chi connectivity index (χ4v) is 3.88. The normalized spacial score (nSPS) is 20.2. The van der Waals surface area contributed by atoms with Gasteiger partial charge in [-0.2, -0.15) is 0 Å². The average molecular weight is 343 g/mol. The molecule has 1 saturated carbocycles. The first kappa shape index (κ1) is 16.4. The highest BCUT2D eigenvalue weighted by molar-refractivity contribution is 5.92. The van der Waals surface area contributed by atoms with Crippen LogP contribution < -0.4 is 10.6 Å². The van der Waals surface area contributed by atoms with Crippen LogP contribution in [0.4, 0.5) is 10.5 Å². The van der Waals surface area contributed by atoms with Crippen molar-refractivity contribution in [3.63, 3.8) is 0 Å². The van der Waals surface area contributed by atoms with Gasteiger partial charge in [-0.05, 0) is 49.9 Å². The molecule has 6 nitrogen and oxygen atoms in total. The predicted octanol–water partition coefficient (Wildman–Crippen LogP) is 3.53. The van der Waals surface area contributed by atoms with Gasteiger partial charge in [0.05, 0.1) is 13.2 Å². The Balaban J connectivity index is 1.26. The first-order valence-corrected chi connectivity index (χ1v) is 9.04. The third-order valence-corrected chi connectivity index (χ3v) is 5.25. The van der Waals surface area contributed by atoms with E-state index in [4.69, 9.17) is 9.47 Å². The number of benzene rings is 1. The summed E-state index contributed by atoms with van der Waals surface area (Å²) in [4.78, 5) is 15.4. The Bertz CT molecular complexity index is 754. The van der Waals surface area contributed by atoms with Gasteiger partial charge in [-0.25, -0.2) is 4.79 Å². The standard InChI is InChI=1S/C19H25N3O3/c1-13-10-15-11-16(2-3-17(15)21-13)22-18(23)20-12-14-4-6-19(7-5-14)24-8-9-25-19/h2-3,10-11,14,21H,4-9,12H2,1H3,(H2,20,22,23). The van der Waals surface area contributed by atoms with Crippen LogP contribution in [0.15, 0.2) is 24.3 Å². The molecule has 0 unspecified atom stereocenters. The number of carbonyl (C=O) groups is 1. The van der Waals surface area contributed by atoms with Gasteiger partial charge in [-0.3, -0.25) is 0 Å². The minimum absolute atomic E-state index is 0.153. The summed E-state index contributed by atoms with van der Waals surface area (Å²) in [5, 5.41) is 7.01. The number of aromatic amines is 1. The summed E-state index contributed by atoms with van der Waals surface area (Å²) in [5.41, 5.74) is 3.00. The van der Waals surface area contributed by atoms with Crippen LogP contribution in [0.5, 0.6) is 0 Å². The lowest BCUT2D eigenvalue weighted by molar-refractivity contribution is -0.182. The largest absolute Gasteiger partial charge is 0.359 e. The van der Waals surface area contributed by atoms with Crippen LogP contribution in [-0.4, -0.2) is 36.6 Å². The lowest BCUT2D eigenvalue weighted by atomic mass is 9.85. The van der Waals surface area contributed by atoms with Crippen molar-refractivity contribution in [3.05, 3.63) is 30.0 Å². The van der Waals surface area contributed by atoms with E-state index in [9.17, 15) is 4.79 Å². The summed E-state index contributed by atoms with van der Waals surface area (Å²) >= 11 is 0. The van der Waals surface area contributed by atoms with Crippen LogP contribution in [0.1, 0.15) is 31.4 Å². The Morgan fingerprint density at radius 2 is 2.00 bits per heavy atom. The van der Waals surface area contributed by atoms with E-state index in [1.165, 1.54) is 0 Å². The van der Waals surface area contributed by atoms with Crippen molar-refractivity contribution in [1.82, 2.24) is 10.3 Å². The van der Waals surface area contributed by atoms with Crippen molar-refractivity contribution in [1.29, 1.82) is 0 Å². The summed E-state index contributed by atoms with van der Waals surface area (Å²) < 4.78 is 11.5. The molecule has 1 aromatic heterocycles. The van der Waals surface area contributed by atoms with Crippen molar-refractivity contribution in [2.45, 2.75) is 38.4 Å². The molecule has 6 heteroatoms. The van der Waals surface area contributed by atoms with E-state index in [2.05, 4.69) is 21.7 Å². The second kappa shape index (κ2) is 6.69. The van der Waals surface area contributed by atoms with E-state index in [-0.39, 0.29) is 11.8 Å². The van der Waals surface area contributed by atoms with Gasteiger partial charge in [-0.15, -0.1) is 0 Å². The summed E-state index contributed by atoms with van der Waals surface area (Å²) in [5.74, 6) is 0.155. The van der Waals surface area contributed by atoms with Gasteiger partial charge in [0.15, 0.2) is 5.79 Å². The van der Waals surface area contributed by atoms with Gasteiger partial charge < -0.3 is 25.1 Å². The zero-order chi connectivity index (χ0) is 17.3. The van der Waals surface area contributed by atoms with Gasteiger partial charge >= 0.3 is 6.03 Å². The molecular weight excluding hydrogens is 318 g/mol. The maximum absolute atomic E-state index is 12.2. The number of anilines is 1. The van der Waals surface area contributed by atoms with E-state index in [1.54, 1.807) is 0 Å². The van der Waals surface area contributed by atoms with Crippen molar-refractivity contribution in [3.8, 4) is 0 Å². The third kappa shape index (κ3) is 3.65. The maximum atomic E-state index is 12.2. The van der Waals surface area contributed by atoms with E-state index in [0.29, 0.717) is 25.7 Å². The number of amides is 2. The highest BCUT2D eigenvalue weighted by Crippen LogP contribution is 2.37. The molecule has 2 fully saturated rings. The number of carbonyl (C=O) groups excluding carboxylic acids is 1. The molecule has 1 aliphatic heterocycles. The van der Waals surface area contributed by atoms with Gasteiger partial charge in [0.25, 0.3) is 0 Å². The van der Waals surface area contributed by atoms with Crippen molar-refractivity contribution in [2.24, 2.45) is 5.92 Å². The molecule has 2 heterocycles. The molecule has 0 bridgehead atoms. The number of urea groups is 1. The molecular formula is C19H25N3O3. The summed E-state index contributed by atoms with van der Waals surface area (Å²) in [6, 6.07) is 7.80. The maximum Gasteiger partial charge on any atom is 0.319 e. The number of hydrogen-bond acceptors (Lipinski definition) is 3. The number of H-pyrrole nitrogens is 1. The fourth-order valence-electron chi connectivity index (χ4n) is 3.88. The Morgan fingerprint density at radius 1 is 1.24 bits per heavy atom. The average Bonchev–Trinajstić information content (AvgIpc) is 3.20. The molecule has 0 radical (unpaired) electrons. The molecule has 2 aromatic rings.